The van der Waals surface area contributed by atoms with Gasteiger partial charge in [0.15, 0.2) is 0 Å². The third-order valence-corrected chi connectivity index (χ3v) is 0.607. The molecule has 0 saturated heterocycles. The molecule has 0 amide bonds. The van der Waals surface area contributed by atoms with Gasteiger partial charge in [-0.15, -0.1) is 0 Å². The zero-order valence-electron chi connectivity index (χ0n) is 4.99. The van der Waals surface area contributed by atoms with Crippen molar-refractivity contribution in [3.8, 4) is 0 Å². The second-order valence-electron chi connectivity index (χ2n) is 1.08. The van der Waals surface area contributed by atoms with E-state index in [2.05, 4.69) is 18.8 Å². The van der Waals surface area contributed by atoms with E-state index in [1.165, 1.54) is 0 Å². The zero-order chi connectivity index (χ0) is 6.24. The van der Waals surface area contributed by atoms with Crippen LogP contribution in [0, 0.1) is 13.1 Å². The Morgan fingerprint density at radius 1 is 1.00 bits per heavy atom. The fourth-order valence-corrected chi connectivity index (χ4v) is 0.342. The standard InChI is InChI=1S/C6H5.CH4N.Pt/c1-2-4-6-5-3-1;1-2;/h1-5H;1-2H2;/q2*-1;+2. The predicted molar refractivity (Wildman–Crippen MR) is 34.8 cm³/mol. The Kier molecular flexibility index (Phi) is 13.9. The summed E-state index contributed by atoms with van der Waals surface area (Å²) in [6.45, 7) is 0. The van der Waals surface area contributed by atoms with Crippen LogP contribution in [0.3, 0.4) is 0 Å². The van der Waals surface area contributed by atoms with Crippen molar-refractivity contribution >= 4 is 0 Å². The zero-order valence-corrected chi connectivity index (χ0v) is 7.26. The fourth-order valence-electron chi connectivity index (χ4n) is 0.342. The summed E-state index contributed by atoms with van der Waals surface area (Å²) in [6, 6.07) is 12.5. The number of benzene rings is 1. The molecule has 1 aromatic carbocycles. The summed E-state index contributed by atoms with van der Waals surface area (Å²) in [5, 5.41) is 0. The molecule has 0 fully saturated rings. The summed E-state index contributed by atoms with van der Waals surface area (Å²) in [4.78, 5) is 0. The van der Waals surface area contributed by atoms with Crippen LogP contribution in [-0.2, 0) is 21.1 Å². The van der Waals surface area contributed by atoms with Gasteiger partial charge in [0.25, 0.3) is 0 Å². The molecule has 0 saturated carbocycles. The molecule has 0 unspecified atom stereocenters. The van der Waals surface area contributed by atoms with Crippen molar-refractivity contribution in [2.75, 3.05) is 0 Å². The van der Waals surface area contributed by atoms with E-state index in [-0.39, 0.29) is 21.1 Å². The number of hydrogen-bond donors (Lipinski definition) is 1. The Bertz CT molecular complexity index is 80.8. The van der Waals surface area contributed by atoms with Crippen molar-refractivity contribution in [2.24, 2.45) is 5.73 Å². The monoisotopic (exact) mass is 302 g/mol. The van der Waals surface area contributed by atoms with Crippen LogP contribution in [0.2, 0.25) is 0 Å². The van der Waals surface area contributed by atoms with Gasteiger partial charge in [-0.2, -0.15) is 36.4 Å². The van der Waals surface area contributed by atoms with Gasteiger partial charge in [0, 0.05) is 0 Å². The van der Waals surface area contributed by atoms with Crippen LogP contribution < -0.4 is 5.73 Å². The van der Waals surface area contributed by atoms with Crippen LogP contribution in [-0.4, -0.2) is 0 Å². The SMILES string of the molecule is [CH2-]N.[Pt+2].[c-]1ccccc1. The van der Waals surface area contributed by atoms with Crippen molar-refractivity contribution < 1.29 is 21.1 Å². The van der Waals surface area contributed by atoms with Gasteiger partial charge in [-0.05, 0) is 0 Å². The maximum atomic E-state index is 4.25. The molecule has 0 aromatic heterocycles. The summed E-state index contributed by atoms with van der Waals surface area (Å²) in [5.74, 6) is 0. The van der Waals surface area contributed by atoms with Crippen molar-refractivity contribution in [1.29, 1.82) is 0 Å². The maximum absolute atomic E-state index is 4.25. The average Bonchev–Trinajstić information content (AvgIpc) is 1.96. The minimum Gasteiger partial charge on any atom is -0.486 e. The van der Waals surface area contributed by atoms with Crippen LogP contribution in [0.1, 0.15) is 0 Å². The first-order chi connectivity index (χ1) is 4.00. The first kappa shape index (κ1) is 11.6. The number of rotatable bonds is 0. The Morgan fingerprint density at radius 2 is 1.44 bits per heavy atom. The van der Waals surface area contributed by atoms with E-state index in [1.54, 1.807) is 0 Å². The largest absolute Gasteiger partial charge is 2.00 e. The van der Waals surface area contributed by atoms with Crippen LogP contribution in [0.25, 0.3) is 0 Å². The summed E-state index contributed by atoms with van der Waals surface area (Å²) < 4.78 is 0. The van der Waals surface area contributed by atoms with Crippen LogP contribution in [0.5, 0.6) is 0 Å². The minimum atomic E-state index is 0. The summed E-state index contributed by atoms with van der Waals surface area (Å²) in [7, 11) is 2.75. The number of hydrogen-bond acceptors (Lipinski definition) is 1. The van der Waals surface area contributed by atoms with E-state index in [0.717, 1.165) is 0 Å². The van der Waals surface area contributed by atoms with Gasteiger partial charge >= 0.3 is 21.1 Å². The molecule has 1 nitrogen and oxygen atoms in total. The van der Waals surface area contributed by atoms with Gasteiger partial charge in [-0.3, -0.25) is 7.05 Å². The maximum Gasteiger partial charge on any atom is 2.00 e. The van der Waals surface area contributed by atoms with E-state index in [9.17, 15) is 0 Å². The van der Waals surface area contributed by atoms with Crippen molar-refractivity contribution in [3.05, 3.63) is 43.4 Å². The summed E-state index contributed by atoms with van der Waals surface area (Å²) in [5.41, 5.74) is 4.25. The normalized spacial score (nSPS) is 6.00. The molecular formula is C7H9NPt. The Morgan fingerprint density at radius 3 is 1.56 bits per heavy atom. The Labute approximate surface area is 70.5 Å². The fraction of sp³-hybridized carbons (Fsp3) is 0. The van der Waals surface area contributed by atoms with Gasteiger partial charge < -0.3 is 5.73 Å². The van der Waals surface area contributed by atoms with Crippen molar-refractivity contribution in [1.82, 2.24) is 0 Å². The Hall–Kier alpha value is -0.132. The third kappa shape index (κ3) is 7.87. The molecule has 2 heteroatoms. The topological polar surface area (TPSA) is 26.0 Å². The van der Waals surface area contributed by atoms with Crippen LogP contribution >= 0.6 is 0 Å². The second-order valence-corrected chi connectivity index (χ2v) is 1.08. The average molecular weight is 302 g/mol. The van der Waals surface area contributed by atoms with Gasteiger partial charge in [0.05, 0.1) is 0 Å². The molecule has 0 spiro atoms. The smallest absolute Gasteiger partial charge is 0.486 e. The number of nitrogens with two attached hydrogens (primary N) is 1. The molecule has 1 aromatic rings. The van der Waals surface area contributed by atoms with Crippen LogP contribution in [0.15, 0.2) is 30.3 Å². The molecule has 2 N–H and O–H groups in total. The van der Waals surface area contributed by atoms with Gasteiger partial charge in [-0.25, -0.2) is 0 Å². The molecule has 0 atom stereocenters. The third-order valence-electron chi connectivity index (χ3n) is 0.607. The van der Waals surface area contributed by atoms with Crippen LogP contribution in [0.4, 0.5) is 0 Å². The molecule has 0 radical (unpaired) electrons. The van der Waals surface area contributed by atoms with E-state index < -0.39 is 0 Å². The van der Waals surface area contributed by atoms with Crippen molar-refractivity contribution in [2.45, 2.75) is 0 Å². The van der Waals surface area contributed by atoms with Crippen molar-refractivity contribution in [3.63, 3.8) is 0 Å². The molecule has 0 bridgehead atoms. The molecular weight excluding hydrogens is 293 g/mol. The molecule has 52 valence electrons. The molecule has 0 aliphatic carbocycles. The quantitative estimate of drug-likeness (QED) is 0.717. The van der Waals surface area contributed by atoms with Gasteiger partial charge in [0.1, 0.15) is 0 Å². The van der Waals surface area contributed by atoms with Gasteiger partial charge in [-0.1, -0.05) is 0 Å². The molecule has 0 heterocycles. The first-order valence-electron chi connectivity index (χ1n) is 2.32. The summed E-state index contributed by atoms with van der Waals surface area (Å²) in [6.07, 6.45) is 0. The second kappa shape index (κ2) is 10.8. The van der Waals surface area contributed by atoms with E-state index >= 15 is 0 Å². The molecule has 9 heavy (non-hydrogen) atoms. The molecule has 0 aliphatic heterocycles. The minimum absolute atomic E-state index is 0. The first-order valence-corrected chi connectivity index (χ1v) is 2.32. The van der Waals surface area contributed by atoms with E-state index in [4.69, 9.17) is 0 Å². The molecule has 1 rings (SSSR count). The predicted octanol–water partition coefficient (Wildman–Crippen LogP) is 1.22. The van der Waals surface area contributed by atoms with E-state index in [0.29, 0.717) is 0 Å². The molecule has 0 aliphatic rings. The Balaban J connectivity index is 0. The summed E-state index contributed by atoms with van der Waals surface area (Å²) >= 11 is 0. The van der Waals surface area contributed by atoms with Gasteiger partial charge in [0.2, 0.25) is 0 Å². The van der Waals surface area contributed by atoms with E-state index in [1.807, 2.05) is 30.3 Å².